The van der Waals surface area contributed by atoms with Gasteiger partial charge in [0.2, 0.25) is 10.0 Å². The number of anilines is 1. The van der Waals surface area contributed by atoms with E-state index in [1.165, 1.54) is 29.3 Å². The molecule has 25 heavy (non-hydrogen) atoms. The van der Waals surface area contributed by atoms with Crippen molar-refractivity contribution in [2.45, 2.75) is 23.5 Å². The van der Waals surface area contributed by atoms with Gasteiger partial charge in [-0.2, -0.15) is 18.3 Å². The zero-order chi connectivity index (χ0) is 18.2. The summed E-state index contributed by atoms with van der Waals surface area (Å²) in [7, 11) is -3.88. The van der Waals surface area contributed by atoms with Crippen LogP contribution in [-0.4, -0.2) is 20.3 Å². The van der Waals surface area contributed by atoms with Crippen molar-refractivity contribution in [3.63, 3.8) is 0 Å². The summed E-state index contributed by atoms with van der Waals surface area (Å²) in [6.45, 7) is 0. The zero-order valence-corrected chi connectivity index (χ0v) is 13.6. The third kappa shape index (κ3) is 3.67. The highest BCUT2D eigenvalue weighted by Crippen LogP contribution is 2.39. The lowest BCUT2D eigenvalue weighted by Gasteiger charge is -2.24. The van der Waals surface area contributed by atoms with Crippen LogP contribution in [0.2, 0.25) is 0 Å². The van der Waals surface area contributed by atoms with Crippen LogP contribution >= 0.6 is 0 Å². The fourth-order valence-electron chi connectivity index (χ4n) is 2.64. The molecule has 2 N–H and O–H groups in total. The summed E-state index contributed by atoms with van der Waals surface area (Å²) < 4.78 is 62.0. The van der Waals surface area contributed by atoms with Crippen molar-refractivity contribution in [1.29, 1.82) is 0 Å². The summed E-state index contributed by atoms with van der Waals surface area (Å²) in [5, 5.41) is 10.0. The molecule has 132 valence electrons. The van der Waals surface area contributed by atoms with Gasteiger partial charge < -0.3 is 0 Å². The van der Waals surface area contributed by atoms with Gasteiger partial charge in [-0.25, -0.2) is 13.6 Å². The van der Waals surface area contributed by atoms with E-state index in [1.807, 2.05) is 0 Å². The predicted octanol–water partition coefficient (Wildman–Crippen LogP) is 3.20. The Balaban J connectivity index is 2.01. The molecule has 0 spiro atoms. The maximum absolute atomic E-state index is 13.1. The van der Waals surface area contributed by atoms with Crippen molar-refractivity contribution in [1.82, 2.24) is 0 Å². The van der Waals surface area contributed by atoms with E-state index in [9.17, 15) is 21.6 Å². The van der Waals surface area contributed by atoms with Crippen LogP contribution in [0.1, 0.15) is 18.0 Å². The third-order valence-electron chi connectivity index (χ3n) is 3.85. The van der Waals surface area contributed by atoms with Gasteiger partial charge in [-0.3, -0.25) is 5.01 Å². The van der Waals surface area contributed by atoms with Crippen LogP contribution in [0, 0.1) is 0 Å². The number of benzene rings is 2. The van der Waals surface area contributed by atoms with E-state index in [2.05, 4.69) is 5.10 Å². The Morgan fingerprint density at radius 1 is 1.04 bits per heavy atom. The SMILES string of the molecule is NS(=O)(=O)c1ccc(N2N=C(C(F)(F)F)CC2c2ccccc2)cc1. The molecule has 1 aliphatic rings. The van der Waals surface area contributed by atoms with Crippen molar-refractivity contribution in [3.05, 3.63) is 60.2 Å². The third-order valence-corrected chi connectivity index (χ3v) is 4.78. The topological polar surface area (TPSA) is 75.8 Å². The first-order chi connectivity index (χ1) is 11.7. The van der Waals surface area contributed by atoms with Crippen molar-refractivity contribution >= 4 is 21.4 Å². The van der Waals surface area contributed by atoms with Gasteiger partial charge in [0.25, 0.3) is 0 Å². The van der Waals surface area contributed by atoms with Crippen LogP contribution in [0.15, 0.2) is 64.6 Å². The summed E-state index contributed by atoms with van der Waals surface area (Å²) in [6, 6.07) is 13.3. The second-order valence-corrected chi connectivity index (χ2v) is 7.12. The van der Waals surface area contributed by atoms with Gasteiger partial charge in [0, 0.05) is 6.42 Å². The highest BCUT2D eigenvalue weighted by Gasteiger charge is 2.43. The molecule has 0 aliphatic carbocycles. The van der Waals surface area contributed by atoms with E-state index in [1.54, 1.807) is 30.3 Å². The van der Waals surface area contributed by atoms with Crippen molar-refractivity contribution in [2.75, 3.05) is 5.01 Å². The number of sulfonamides is 1. The minimum absolute atomic E-state index is 0.119. The van der Waals surface area contributed by atoms with E-state index >= 15 is 0 Å². The molecule has 0 aromatic heterocycles. The molecule has 0 fully saturated rings. The van der Waals surface area contributed by atoms with E-state index < -0.39 is 28.0 Å². The minimum atomic E-state index is -4.53. The summed E-state index contributed by atoms with van der Waals surface area (Å²) in [5.41, 5.74) is 0.151. The summed E-state index contributed by atoms with van der Waals surface area (Å²) in [5.74, 6) is 0. The van der Waals surface area contributed by atoms with Crippen LogP contribution in [0.3, 0.4) is 0 Å². The number of rotatable bonds is 3. The molecule has 0 radical (unpaired) electrons. The number of halogens is 3. The maximum Gasteiger partial charge on any atom is 0.431 e. The Kier molecular flexibility index (Phi) is 4.29. The normalized spacial score (nSPS) is 18.3. The molecule has 5 nitrogen and oxygen atoms in total. The lowest BCUT2D eigenvalue weighted by atomic mass is 10.0. The summed E-state index contributed by atoms with van der Waals surface area (Å²) in [4.78, 5) is -0.119. The van der Waals surface area contributed by atoms with Gasteiger partial charge in [0.05, 0.1) is 16.6 Å². The van der Waals surface area contributed by atoms with Crippen LogP contribution in [0.4, 0.5) is 18.9 Å². The second kappa shape index (κ2) is 6.16. The monoisotopic (exact) mass is 369 g/mol. The number of hydrogen-bond donors (Lipinski definition) is 1. The van der Waals surface area contributed by atoms with E-state index in [0.717, 1.165) is 0 Å². The van der Waals surface area contributed by atoms with Crippen LogP contribution in [0.5, 0.6) is 0 Å². The molecule has 9 heteroatoms. The Hall–Kier alpha value is -2.39. The molecule has 0 saturated heterocycles. The highest BCUT2D eigenvalue weighted by molar-refractivity contribution is 7.89. The Morgan fingerprint density at radius 2 is 1.64 bits per heavy atom. The number of primary sulfonamides is 1. The quantitative estimate of drug-likeness (QED) is 0.903. The van der Waals surface area contributed by atoms with Gasteiger partial charge in [0.1, 0.15) is 5.71 Å². The Bertz CT molecular complexity index is 894. The molecule has 1 atom stereocenters. The molecular weight excluding hydrogens is 355 g/mol. The van der Waals surface area contributed by atoms with E-state index in [0.29, 0.717) is 11.3 Å². The standard InChI is InChI=1S/C16H14F3N3O2S/c17-16(18,19)15-10-14(11-4-2-1-3-5-11)22(21-15)12-6-8-13(9-7-12)25(20,23)24/h1-9,14H,10H2,(H2,20,23,24). The number of alkyl halides is 3. The first-order valence-corrected chi connectivity index (χ1v) is 8.82. The van der Waals surface area contributed by atoms with Crippen LogP contribution in [-0.2, 0) is 10.0 Å². The molecule has 1 aliphatic heterocycles. The van der Waals surface area contributed by atoms with Crippen molar-refractivity contribution in [2.24, 2.45) is 10.2 Å². The van der Waals surface area contributed by atoms with E-state index in [4.69, 9.17) is 5.14 Å². The second-order valence-electron chi connectivity index (χ2n) is 5.56. The average Bonchev–Trinajstić information content (AvgIpc) is 3.00. The first kappa shape index (κ1) is 17.4. The van der Waals surface area contributed by atoms with Crippen molar-refractivity contribution in [3.8, 4) is 0 Å². The molecule has 1 unspecified atom stereocenters. The Morgan fingerprint density at radius 3 is 2.16 bits per heavy atom. The van der Waals surface area contributed by atoms with Crippen molar-refractivity contribution < 1.29 is 21.6 Å². The average molecular weight is 369 g/mol. The number of nitrogens with zero attached hydrogens (tertiary/aromatic N) is 2. The smallest absolute Gasteiger partial charge is 0.257 e. The zero-order valence-electron chi connectivity index (χ0n) is 12.8. The Labute approximate surface area is 142 Å². The van der Waals surface area contributed by atoms with Gasteiger partial charge >= 0.3 is 6.18 Å². The highest BCUT2D eigenvalue weighted by atomic mass is 32.2. The molecule has 0 bridgehead atoms. The molecular formula is C16H14F3N3O2S. The van der Waals surface area contributed by atoms with Gasteiger partial charge in [-0.15, -0.1) is 0 Å². The van der Waals surface area contributed by atoms with E-state index in [-0.39, 0.29) is 11.3 Å². The molecule has 0 saturated carbocycles. The lowest BCUT2D eigenvalue weighted by Crippen LogP contribution is -2.21. The minimum Gasteiger partial charge on any atom is -0.257 e. The van der Waals surface area contributed by atoms with Gasteiger partial charge in [-0.1, -0.05) is 30.3 Å². The fraction of sp³-hybridized carbons (Fsp3) is 0.188. The first-order valence-electron chi connectivity index (χ1n) is 7.28. The lowest BCUT2D eigenvalue weighted by molar-refractivity contribution is -0.0600. The summed E-state index contributed by atoms with van der Waals surface area (Å²) in [6.07, 6.45) is -4.81. The molecule has 0 amide bonds. The largest absolute Gasteiger partial charge is 0.431 e. The molecule has 2 aromatic rings. The van der Waals surface area contributed by atoms with Crippen LogP contribution < -0.4 is 10.1 Å². The predicted molar refractivity (Wildman–Crippen MR) is 87.6 cm³/mol. The molecule has 2 aromatic carbocycles. The summed E-state index contributed by atoms with van der Waals surface area (Å²) >= 11 is 0. The number of nitrogens with two attached hydrogens (primary N) is 1. The number of hydrazone groups is 1. The van der Waals surface area contributed by atoms with Gasteiger partial charge in [-0.05, 0) is 29.8 Å². The molecule has 1 heterocycles. The molecule has 3 rings (SSSR count). The van der Waals surface area contributed by atoms with Gasteiger partial charge in [0.15, 0.2) is 0 Å². The maximum atomic E-state index is 13.1. The van der Waals surface area contributed by atoms with Crippen LogP contribution in [0.25, 0.3) is 0 Å². The number of hydrogen-bond acceptors (Lipinski definition) is 4. The fourth-order valence-corrected chi connectivity index (χ4v) is 3.16.